The van der Waals surface area contributed by atoms with E-state index in [1.54, 1.807) is 11.3 Å². The van der Waals surface area contributed by atoms with Gasteiger partial charge in [-0.25, -0.2) is 0 Å². The monoisotopic (exact) mass is 231 g/mol. The van der Waals surface area contributed by atoms with Crippen molar-refractivity contribution in [3.8, 4) is 0 Å². The minimum Gasteiger partial charge on any atom is -0.317 e. The molecule has 0 saturated heterocycles. The highest BCUT2D eigenvalue weighted by atomic mass is 35.5. The average Bonchev–Trinajstić information content (AvgIpc) is 2.50. The average molecular weight is 232 g/mol. The fourth-order valence-corrected chi connectivity index (χ4v) is 2.86. The van der Waals surface area contributed by atoms with Gasteiger partial charge in [0.25, 0.3) is 0 Å². The van der Waals surface area contributed by atoms with E-state index in [1.165, 1.54) is 11.3 Å². The molecule has 0 radical (unpaired) electrons. The molecular formula is C11H18ClNS. The molecule has 0 saturated carbocycles. The highest BCUT2D eigenvalue weighted by Crippen LogP contribution is 2.24. The molecule has 0 spiro atoms. The predicted molar refractivity (Wildman–Crippen MR) is 65.3 cm³/mol. The second kappa shape index (κ2) is 5.74. The van der Waals surface area contributed by atoms with Gasteiger partial charge in [0.15, 0.2) is 0 Å². The lowest BCUT2D eigenvalue weighted by atomic mass is 9.99. The van der Waals surface area contributed by atoms with Crippen LogP contribution in [0.3, 0.4) is 0 Å². The van der Waals surface area contributed by atoms with Crippen molar-refractivity contribution in [3.63, 3.8) is 0 Å². The predicted octanol–water partition coefficient (Wildman–Crippen LogP) is 3.58. The van der Waals surface area contributed by atoms with E-state index in [4.69, 9.17) is 11.6 Å². The molecule has 1 heterocycles. The Morgan fingerprint density at radius 2 is 2.14 bits per heavy atom. The molecule has 3 heteroatoms. The van der Waals surface area contributed by atoms with Crippen LogP contribution in [0.2, 0.25) is 4.34 Å². The number of thiophene rings is 1. The van der Waals surface area contributed by atoms with Gasteiger partial charge < -0.3 is 5.32 Å². The number of rotatable bonds is 5. The maximum Gasteiger partial charge on any atom is 0.0931 e. The van der Waals surface area contributed by atoms with E-state index in [1.807, 2.05) is 13.1 Å². The number of halogens is 1. The maximum atomic E-state index is 5.88. The number of nitrogens with one attached hydrogen (secondary N) is 1. The van der Waals surface area contributed by atoms with E-state index in [0.29, 0.717) is 12.0 Å². The normalized spacial score (nSPS) is 15.4. The topological polar surface area (TPSA) is 12.0 Å². The molecule has 0 bridgehead atoms. The Labute approximate surface area is 95.5 Å². The molecule has 0 aliphatic carbocycles. The lowest BCUT2D eigenvalue weighted by Crippen LogP contribution is -2.24. The summed E-state index contributed by atoms with van der Waals surface area (Å²) in [6.45, 7) is 4.51. The van der Waals surface area contributed by atoms with Gasteiger partial charge in [0.2, 0.25) is 0 Å². The van der Waals surface area contributed by atoms with Gasteiger partial charge in [0.05, 0.1) is 4.34 Å². The smallest absolute Gasteiger partial charge is 0.0931 e. The van der Waals surface area contributed by atoms with Crippen molar-refractivity contribution in [2.75, 3.05) is 7.05 Å². The van der Waals surface area contributed by atoms with Crippen molar-refractivity contribution < 1.29 is 0 Å². The minimum atomic E-state index is 0.598. The Morgan fingerprint density at radius 1 is 1.43 bits per heavy atom. The fourth-order valence-electron chi connectivity index (χ4n) is 1.61. The van der Waals surface area contributed by atoms with Gasteiger partial charge in [-0.3, -0.25) is 0 Å². The Hall–Kier alpha value is -0.0500. The maximum absolute atomic E-state index is 5.88. The van der Waals surface area contributed by atoms with Gasteiger partial charge in [-0.1, -0.05) is 18.5 Å². The summed E-state index contributed by atoms with van der Waals surface area (Å²) in [5.41, 5.74) is 0. The zero-order chi connectivity index (χ0) is 10.6. The second-order valence-electron chi connectivity index (χ2n) is 3.94. The van der Waals surface area contributed by atoms with Crippen LogP contribution in [-0.4, -0.2) is 13.1 Å². The van der Waals surface area contributed by atoms with Crippen molar-refractivity contribution in [2.45, 2.75) is 32.7 Å². The van der Waals surface area contributed by atoms with Crippen LogP contribution in [0, 0.1) is 5.92 Å². The van der Waals surface area contributed by atoms with Gasteiger partial charge >= 0.3 is 0 Å². The van der Waals surface area contributed by atoms with Crippen molar-refractivity contribution in [1.82, 2.24) is 5.32 Å². The SMILES string of the molecule is CNC(C)CC(C)Cc1ccc(Cl)s1. The van der Waals surface area contributed by atoms with E-state index in [-0.39, 0.29) is 0 Å². The lowest BCUT2D eigenvalue weighted by Gasteiger charge is -2.15. The quantitative estimate of drug-likeness (QED) is 0.817. The van der Waals surface area contributed by atoms with Crippen molar-refractivity contribution in [2.24, 2.45) is 5.92 Å². The Balaban J connectivity index is 2.37. The van der Waals surface area contributed by atoms with Crippen LogP contribution in [0.4, 0.5) is 0 Å². The Kier molecular flexibility index (Phi) is 4.93. The molecule has 0 amide bonds. The summed E-state index contributed by atoms with van der Waals surface area (Å²) in [5.74, 6) is 0.715. The lowest BCUT2D eigenvalue weighted by molar-refractivity contribution is 0.442. The summed E-state index contributed by atoms with van der Waals surface area (Å²) in [5, 5.41) is 3.26. The highest BCUT2D eigenvalue weighted by molar-refractivity contribution is 7.16. The highest BCUT2D eigenvalue weighted by Gasteiger charge is 2.09. The molecule has 80 valence electrons. The third kappa shape index (κ3) is 3.99. The van der Waals surface area contributed by atoms with Crippen LogP contribution < -0.4 is 5.32 Å². The zero-order valence-electron chi connectivity index (χ0n) is 9.01. The first-order valence-electron chi connectivity index (χ1n) is 5.03. The van der Waals surface area contributed by atoms with Gasteiger partial charge in [0.1, 0.15) is 0 Å². The molecule has 0 aromatic carbocycles. The standard InChI is InChI=1S/C11H18ClNS/c1-8(6-9(2)13-3)7-10-4-5-11(12)14-10/h4-5,8-9,13H,6-7H2,1-3H3. The largest absolute Gasteiger partial charge is 0.317 e. The van der Waals surface area contributed by atoms with E-state index >= 15 is 0 Å². The molecule has 0 aliphatic heterocycles. The number of hydrogen-bond acceptors (Lipinski definition) is 2. The molecule has 1 nitrogen and oxygen atoms in total. The molecule has 1 N–H and O–H groups in total. The first-order valence-corrected chi connectivity index (χ1v) is 6.22. The second-order valence-corrected chi connectivity index (χ2v) is 5.74. The van der Waals surface area contributed by atoms with Gasteiger partial charge in [-0.15, -0.1) is 11.3 Å². The van der Waals surface area contributed by atoms with Crippen LogP contribution in [0.1, 0.15) is 25.1 Å². The van der Waals surface area contributed by atoms with Crippen LogP contribution in [0.15, 0.2) is 12.1 Å². The van der Waals surface area contributed by atoms with Crippen LogP contribution in [0.25, 0.3) is 0 Å². The summed E-state index contributed by atoms with van der Waals surface area (Å²) in [7, 11) is 2.01. The third-order valence-electron chi connectivity index (χ3n) is 2.43. The number of hydrogen-bond donors (Lipinski definition) is 1. The van der Waals surface area contributed by atoms with Gasteiger partial charge in [-0.05, 0) is 44.9 Å². The van der Waals surface area contributed by atoms with Crippen LogP contribution in [-0.2, 0) is 6.42 Å². The zero-order valence-corrected chi connectivity index (χ0v) is 10.6. The van der Waals surface area contributed by atoms with E-state index in [0.717, 1.165) is 10.8 Å². The Morgan fingerprint density at radius 3 is 2.64 bits per heavy atom. The van der Waals surface area contributed by atoms with Gasteiger partial charge in [-0.2, -0.15) is 0 Å². The molecule has 0 fully saturated rings. The molecule has 2 atom stereocenters. The summed E-state index contributed by atoms with van der Waals surface area (Å²) >= 11 is 7.58. The third-order valence-corrected chi connectivity index (χ3v) is 3.68. The van der Waals surface area contributed by atoms with Crippen LogP contribution >= 0.6 is 22.9 Å². The first kappa shape index (κ1) is 12.0. The molecule has 1 rings (SSSR count). The molecule has 0 aliphatic rings. The van der Waals surface area contributed by atoms with E-state index in [2.05, 4.69) is 25.2 Å². The first-order chi connectivity index (χ1) is 6.61. The molecular weight excluding hydrogens is 214 g/mol. The van der Waals surface area contributed by atoms with E-state index in [9.17, 15) is 0 Å². The minimum absolute atomic E-state index is 0.598. The molecule has 2 unspecified atom stereocenters. The molecule has 1 aromatic rings. The fraction of sp³-hybridized carbons (Fsp3) is 0.636. The molecule has 1 aromatic heterocycles. The van der Waals surface area contributed by atoms with Gasteiger partial charge in [0, 0.05) is 10.9 Å². The Bertz CT molecular complexity index is 272. The van der Waals surface area contributed by atoms with Crippen molar-refractivity contribution in [3.05, 3.63) is 21.3 Å². The summed E-state index contributed by atoms with van der Waals surface area (Å²) in [6.07, 6.45) is 2.36. The van der Waals surface area contributed by atoms with Crippen molar-refractivity contribution in [1.29, 1.82) is 0 Å². The summed E-state index contributed by atoms with van der Waals surface area (Å²) < 4.78 is 0.897. The summed E-state index contributed by atoms with van der Waals surface area (Å²) in [6, 6.07) is 4.71. The molecule has 14 heavy (non-hydrogen) atoms. The van der Waals surface area contributed by atoms with E-state index < -0.39 is 0 Å². The van der Waals surface area contributed by atoms with Crippen molar-refractivity contribution >= 4 is 22.9 Å². The summed E-state index contributed by atoms with van der Waals surface area (Å²) in [4.78, 5) is 1.39. The van der Waals surface area contributed by atoms with Crippen LogP contribution in [0.5, 0.6) is 0 Å².